The largest absolute Gasteiger partial charge is 0.489 e. The summed E-state index contributed by atoms with van der Waals surface area (Å²) < 4.78 is 8.44. The maximum atomic E-state index is 13.1. The molecule has 3 aromatic carbocycles. The van der Waals surface area contributed by atoms with Crippen LogP contribution in [0.2, 0.25) is 0 Å². The van der Waals surface area contributed by atoms with Gasteiger partial charge in [0.15, 0.2) is 0 Å². The third kappa shape index (κ3) is 5.90. The van der Waals surface area contributed by atoms with E-state index in [2.05, 4.69) is 45.0 Å². The molecule has 2 heterocycles. The number of ether oxygens (including phenoxy) is 1. The Balaban J connectivity index is 1.44. The fraction of sp³-hybridized carbons (Fsp3) is 0.194. The molecule has 1 aromatic heterocycles. The molecule has 5 nitrogen and oxygen atoms in total. The molecule has 0 bridgehead atoms. The molecule has 0 aliphatic carbocycles. The normalized spacial score (nSPS) is 14.6. The highest BCUT2D eigenvalue weighted by atomic mass is 32.2. The van der Waals surface area contributed by atoms with Gasteiger partial charge in [0.2, 0.25) is 0 Å². The van der Waals surface area contributed by atoms with Crippen LogP contribution >= 0.6 is 24.0 Å². The predicted octanol–water partition coefficient (Wildman–Crippen LogP) is 7.28. The zero-order valence-electron chi connectivity index (χ0n) is 21.6. The second-order valence-electron chi connectivity index (χ2n) is 9.70. The minimum absolute atomic E-state index is 0.0491. The maximum absolute atomic E-state index is 13.1. The van der Waals surface area contributed by atoms with Crippen LogP contribution in [0.5, 0.6) is 5.75 Å². The zero-order valence-corrected chi connectivity index (χ0v) is 23.3. The summed E-state index contributed by atoms with van der Waals surface area (Å²) in [4.78, 5) is 15.4. The SMILES string of the molecule is Cc1ccc(COc2ccc(-c3nn(-c4ccccc4)cc3C=C3SC(=S)N(CC(C)C)C3=O)cc2)cc1. The van der Waals surface area contributed by atoms with E-state index in [1.165, 1.54) is 17.3 Å². The van der Waals surface area contributed by atoms with Gasteiger partial charge in [-0.3, -0.25) is 9.69 Å². The predicted molar refractivity (Wildman–Crippen MR) is 159 cm³/mol. The van der Waals surface area contributed by atoms with E-state index in [9.17, 15) is 4.79 Å². The first-order chi connectivity index (χ1) is 18.4. The Morgan fingerprint density at radius 3 is 2.39 bits per heavy atom. The second-order valence-corrected chi connectivity index (χ2v) is 11.4. The first-order valence-electron chi connectivity index (χ1n) is 12.6. The van der Waals surface area contributed by atoms with Gasteiger partial charge in [-0.05, 0) is 60.9 Å². The van der Waals surface area contributed by atoms with Crippen molar-refractivity contribution in [2.24, 2.45) is 5.92 Å². The Kier molecular flexibility index (Phi) is 7.77. The highest BCUT2D eigenvalue weighted by molar-refractivity contribution is 8.26. The molecule has 0 spiro atoms. The zero-order chi connectivity index (χ0) is 26.6. The highest BCUT2D eigenvalue weighted by Gasteiger charge is 2.32. The van der Waals surface area contributed by atoms with Gasteiger partial charge in [-0.1, -0.05) is 85.9 Å². The van der Waals surface area contributed by atoms with E-state index in [0.29, 0.717) is 28.3 Å². The molecule has 0 atom stereocenters. The highest BCUT2D eigenvalue weighted by Crippen LogP contribution is 2.35. The van der Waals surface area contributed by atoms with Crippen molar-refractivity contribution in [3.63, 3.8) is 0 Å². The van der Waals surface area contributed by atoms with Crippen molar-refractivity contribution < 1.29 is 9.53 Å². The van der Waals surface area contributed by atoms with Crippen LogP contribution in [0.1, 0.15) is 30.5 Å². The van der Waals surface area contributed by atoms with Crippen molar-refractivity contribution in [1.29, 1.82) is 0 Å². The number of aromatic nitrogens is 2. The van der Waals surface area contributed by atoms with Crippen molar-refractivity contribution in [3.8, 4) is 22.7 Å². The number of benzene rings is 3. The van der Waals surface area contributed by atoms with Crippen LogP contribution in [-0.4, -0.2) is 31.5 Å². The summed E-state index contributed by atoms with van der Waals surface area (Å²) in [6.45, 7) is 7.36. The summed E-state index contributed by atoms with van der Waals surface area (Å²) in [6.07, 6.45) is 3.87. The first kappa shape index (κ1) is 25.9. The fourth-order valence-electron chi connectivity index (χ4n) is 4.15. The molecule has 5 rings (SSSR count). The van der Waals surface area contributed by atoms with Crippen LogP contribution in [0, 0.1) is 12.8 Å². The summed E-state index contributed by atoms with van der Waals surface area (Å²) in [5.41, 5.74) is 5.87. The second kappa shape index (κ2) is 11.4. The maximum Gasteiger partial charge on any atom is 0.266 e. The number of hydrogen-bond donors (Lipinski definition) is 0. The Morgan fingerprint density at radius 1 is 1.00 bits per heavy atom. The van der Waals surface area contributed by atoms with Gasteiger partial charge in [0.25, 0.3) is 5.91 Å². The molecular weight excluding hydrogens is 510 g/mol. The monoisotopic (exact) mass is 539 g/mol. The number of carbonyl (C=O) groups is 1. The van der Waals surface area contributed by atoms with Crippen molar-refractivity contribution >= 4 is 40.3 Å². The van der Waals surface area contributed by atoms with Gasteiger partial charge >= 0.3 is 0 Å². The summed E-state index contributed by atoms with van der Waals surface area (Å²) >= 11 is 6.86. The van der Waals surface area contributed by atoms with Crippen LogP contribution in [0.4, 0.5) is 0 Å². The number of para-hydroxylation sites is 1. The lowest BCUT2D eigenvalue weighted by Gasteiger charge is -2.16. The lowest BCUT2D eigenvalue weighted by atomic mass is 10.1. The van der Waals surface area contributed by atoms with E-state index in [1.807, 2.05) is 71.6 Å². The third-order valence-electron chi connectivity index (χ3n) is 6.13. The lowest BCUT2D eigenvalue weighted by Crippen LogP contribution is -2.31. The van der Waals surface area contributed by atoms with Gasteiger partial charge in [-0.25, -0.2) is 4.68 Å². The molecule has 0 N–H and O–H groups in total. The van der Waals surface area contributed by atoms with Crippen LogP contribution < -0.4 is 4.74 Å². The third-order valence-corrected chi connectivity index (χ3v) is 7.50. The van der Waals surface area contributed by atoms with Gasteiger partial charge in [-0.15, -0.1) is 0 Å². The smallest absolute Gasteiger partial charge is 0.266 e. The topological polar surface area (TPSA) is 47.4 Å². The first-order valence-corrected chi connectivity index (χ1v) is 13.8. The minimum atomic E-state index is -0.0491. The molecule has 7 heteroatoms. The Labute approximate surface area is 233 Å². The summed E-state index contributed by atoms with van der Waals surface area (Å²) in [7, 11) is 0. The Bertz CT molecular complexity index is 1470. The van der Waals surface area contributed by atoms with E-state index >= 15 is 0 Å². The molecule has 1 saturated heterocycles. The van der Waals surface area contributed by atoms with E-state index < -0.39 is 0 Å². The number of thioether (sulfide) groups is 1. The summed E-state index contributed by atoms with van der Waals surface area (Å²) in [5, 5.41) is 4.90. The minimum Gasteiger partial charge on any atom is -0.489 e. The lowest BCUT2D eigenvalue weighted by molar-refractivity contribution is -0.122. The van der Waals surface area contributed by atoms with Crippen LogP contribution in [0.25, 0.3) is 23.0 Å². The number of nitrogens with zero attached hydrogens (tertiary/aromatic N) is 3. The van der Waals surface area contributed by atoms with Gasteiger partial charge in [-0.2, -0.15) is 5.10 Å². The number of rotatable bonds is 8. The Hall–Kier alpha value is -3.68. The van der Waals surface area contributed by atoms with E-state index in [4.69, 9.17) is 22.1 Å². The van der Waals surface area contributed by atoms with Gasteiger partial charge in [0.1, 0.15) is 16.7 Å². The number of aryl methyl sites for hydroxylation is 1. The number of hydrogen-bond acceptors (Lipinski definition) is 5. The molecular formula is C31H29N3O2S2. The van der Waals surface area contributed by atoms with E-state index in [1.54, 1.807) is 4.90 Å². The molecule has 1 amide bonds. The van der Waals surface area contributed by atoms with Gasteiger partial charge < -0.3 is 4.74 Å². The van der Waals surface area contributed by atoms with Crippen LogP contribution in [0.3, 0.4) is 0 Å². The summed E-state index contributed by atoms with van der Waals surface area (Å²) in [6, 6.07) is 26.2. The van der Waals surface area contributed by atoms with Gasteiger partial charge in [0, 0.05) is 23.9 Å². The standard InChI is InChI=1S/C31H29N3O2S2/c1-21(2)18-33-30(35)28(38-31(33)37)17-25-19-34(26-7-5-4-6-8-26)32-29(25)24-13-15-27(16-14-24)36-20-23-11-9-22(3)10-12-23/h4-17,19,21H,18,20H2,1-3H3. The average Bonchev–Trinajstić information content (AvgIpc) is 3.45. The van der Waals surface area contributed by atoms with Crippen molar-refractivity contribution in [3.05, 3.63) is 107 Å². The van der Waals surface area contributed by atoms with Crippen LogP contribution in [-0.2, 0) is 11.4 Å². The Morgan fingerprint density at radius 2 is 1.71 bits per heavy atom. The molecule has 1 aliphatic rings. The fourth-order valence-corrected chi connectivity index (χ4v) is 5.42. The molecule has 0 radical (unpaired) electrons. The average molecular weight is 540 g/mol. The van der Waals surface area contributed by atoms with Crippen LogP contribution in [0.15, 0.2) is 90.0 Å². The molecule has 4 aromatic rings. The quantitative estimate of drug-likeness (QED) is 0.174. The molecule has 1 aliphatic heterocycles. The van der Waals surface area contributed by atoms with Crippen molar-refractivity contribution in [2.45, 2.75) is 27.4 Å². The molecule has 1 fully saturated rings. The molecule has 192 valence electrons. The van der Waals surface area contributed by atoms with E-state index in [-0.39, 0.29) is 5.91 Å². The van der Waals surface area contributed by atoms with Crippen molar-refractivity contribution in [1.82, 2.24) is 14.7 Å². The van der Waals surface area contributed by atoms with Gasteiger partial charge in [0.05, 0.1) is 16.3 Å². The molecule has 0 unspecified atom stereocenters. The molecule has 0 saturated carbocycles. The number of carbonyl (C=O) groups excluding carboxylic acids is 1. The molecule has 38 heavy (non-hydrogen) atoms. The van der Waals surface area contributed by atoms with E-state index in [0.717, 1.165) is 33.8 Å². The summed E-state index contributed by atoms with van der Waals surface area (Å²) in [5.74, 6) is 1.07. The number of amides is 1. The number of thiocarbonyl (C=S) groups is 1. The van der Waals surface area contributed by atoms with Crippen molar-refractivity contribution in [2.75, 3.05) is 6.54 Å².